The van der Waals surface area contributed by atoms with Gasteiger partial charge in [-0.2, -0.15) is 5.10 Å². The third-order valence-electron chi connectivity index (χ3n) is 2.08. The number of rotatable bonds is 2. The zero-order chi connectivity index (χ0) is 10.5. The minimum absolute atomic E-state index is 0.231. The fourth-order valence-electron chi connectivity index (χ4n) is 1.34. The molecule has 1 fully saturated rings. The van der Waals surface area contributed by atoms with Crippen molar-refractivity contribution >= 4 is 5.97 Å². The molecule has 80 valence electrons. The van der Waals surface area contributed by atoms with Crippen LogP contribution in [0.1, 0.15) is 0 Å². The molecule has 0 bridgehead atoms. The molecule has 1 saturated heterocycles. The molecule has 6 nitrogen and oxygen atoms in total. The highest BCUT2D eigenvalue weighted by molar-refractivity contribution is 5.78. The van der Waals surface area contributed by atoms with E-state index < -0.39 is 0 Å². The molecule has 0 amide bonds. The van der Waals surface area contributed by atoms with Crippen LogP contribution in [-0.2, 0) is 4.79 Å². The summed E-state index contributed by atoms with van der Waals surface area (Å²) in [6.45, 7) is 2.22. The number of carbonyl (C=O) groups is 1. The van der Waals surface area contributed by atoms with Gasteiger partial charge >= 0.3 is 5.97 Å². The topological polar surface area (TPSA) is 76.1 Å². The van der Waals surface area contributed by atoms with Gasteiger partial charge in [0.15, 0.2) is 0 Å². The zero-order valence-corrected chi connectivity index (χ0v) is 8.14. The van der Waals surface area contributed by atoms with Gasteiger partial charge in [-0.15, -0.1) is 5.10 Å². The molecule has 2 rings (SSSR count). The Balaban J connectivity index is 1.91. The fourth-order valence-corrected chi connectivity index (χ4v) is 1.34. The number of nitrogens with zero attached hydrogens (tertiary/aromatic N) is 2. The second-order valence-corrected chi connectivity index (χ2v) is 3.19. The van der Waals surface area contributed by atoms with Crippen LogP contribution in [0.4, 0.5) is 0 Å². The van der Waals surface area contributed by atoms with E-state index in [1.807, 2.05) is 0 Å². The molecule has 1 atom stereocenters. The number of hydrogen-bond acceptors (Lipinski definition) is 6. The quantitative estimate of drug-likeness (QED) is 0.604. The molecule has 0 saturated carbocycles. The molecule has 0 aliphatic carbocycles. The van der Waals surface area contributed by atoms with E-state index in [1.165, 1.54) is 6.20 Å². The Kier molecular flexibility index (Phi) is 3.21. The number of carbonyl (C=O) groups excluding carboxylic acids is 1. The molecule has 6 heteroatoms. The summed E-state index contributed by atoms with van der Waals surface area (Å²) in [5.74, 6) is -0.0995. The average molecular weight is 208 g/mol. The summed E-state index contributed by atoms with van der Waals surface area (Å²) in [4.78, 5) is 11.6. The molecule has 1 aromatic heterocycles. The van der Waals surface area contributed by atoms with Crippen LogP contribution in [0.3, 0.4) is 0 Å². The lowest BCUT2D eigenvalue weighted by atomic mass is 10.2. The maximum atomic E-state index is 11.6. The molecule has 0 aromatic carbocycles. The first-order chi connectivity index (χ1) is 7.36. The van der Waals surface area contributed by atoms with Crippen LogP contribution >= 0.6 is 0 Å². The molecular formula is C9H12N4O2. The first-order valence-corrected chi connectivity index (χ1v) is 4.80. The van der Waals surface area contributed by atoms with Gasteiger partial charge in [-0.3, -0.25) is 0 Å². The lowest BCUT2D eigenvalue weighted by molar-refractivity contribution is -0.137. The van der Waals surface area contributed by atoms with Gasteiger partial charge in [-0.05, 0) is 6.07 Å². The number of aromatic nitrogens is 2. The first kappa shape index (κ1) is 10.0. The largest absolute Gasteiger partial charge is 0.405 e. The van der Waals surface area contributed by atoms with Crippen molar-refractivity contribution in [3.8, 4) is 5.88 Å². The minimum atomic E-state index is -0.331. The lowest BCUT2D eigenvalue weighted by Gasteiger charge is -2.22. The van der Waals surface area contributed by atoms with Gasteiger partial charge < -0.3 is 15.4 Å². The second-order valence-electron chi connectivity index (χ2n) is 3.19. The summed E-state index contributed by atoms with van der Waals surface area (Å²) in [6, 6.07) is 2.96. The average Bonchev–Trinajstić information content (AvgIpc) is 2.31. The van der Waals surface area contributed by atoms with Gasteiger partial charge in [0.1, 0.15) is 6.04 Å². The lowest BCUT2D eigenvalue weighted by Crippen LogP contribution is -2.53. The first-order valence-electron chi connectivity index (χ1n) is 4.80. The minimum Gasteiger partial charge on any atom is -0.405 e. The number of esters is 1. The Hall–Kier alpha value is -1.53. The van der Waals surface area contributed by atoms with Crippen LogP contribution in [-0.4, -0.2) is 41.8 Å². The molecular weight excluding hydrogens is 196 g/mol. The van der Waals surface area contributed by atoms with Crippen molar-refractivity contribution in [1.82, 2.24) is 20.8 Å². The van der Waals surface area contributed by atoms with Gasteiger partial charge in [-0.1, -0.05) is 0 Å². The van der Waals surface area contributed by atoms with Gasteiger partial charge in [0.05, 0.1) is 0 Å². The summed E-state index contributed by atoms with van der Waals surface area (Å²) >= 11 is 0. The van der Waals surface area contributed by atoms with E-state index in [0.717, 1.165) is 13.1 Å². The Morgan fingerprint density at radius 1 is 1.53 bits per heavy atom. The van der Waals surface area contributed by atoms with Crippen molar-refractivity contribution in [2.75, 3.05) is 19.6 Å². The summed E-state index contributed by atoms with van der Waals surface area (Å²) in [6.07, 6.45) is 1.53. The Labute approximate surface area is 87.0 Å². The van der Waals surface area contributed by atoms with Crippen LogP contribution in [0.25, 0.3) is 0 Å². The number of nitrogens with one attached hydrogen (secondary N) is 2. The van der Waals surface area contributed by atoms with Gasteiger partial charge in [0.2, 0.25) is 5.88 Å². The normalized spacial score (nSPS) is 20.9. The number of ether oxygens (including phenoxy) is 1. The number of piperazine rings is 1. The van der Waals surface area contributed by atoms with Crippen LogP contribution in [0.5, 0.6) is 5.88 Å². The van der Waals surface area contributed by atoms with Crippen molar-refractivity contribution in [3.05, 3.63) is 18.3 Å². The van der Waals surface area contributed by atoms with E-state index in [2.05, 4.69) is 20.8 Å². The van der Waals surface area contributed by atoms with Gasteiger partial charge in [0, 0.05) is 31.9 Å². The molecule has 1 aliphatic heterocycles. The molecule has 0 spiro atoms. The number of hydrogen-bond donors (Lipinski definition) is 2. The summed E-state index contributed by atoms with van der Waals surface area (Å²) < 4.78 is 5.04. The van der Waals surface area contributed by atoms with Crippen LogP contribution in [0.15, 0.2) is 18.3 Å². The molecule has 1 unspecified atom stereocenters. The predicted molar refractivity (Wildman–Crippen MR) is 52.3 cm³/mol. The van der Waals surface area contributed by atoms with E-state index >= 15 is 0 Å². The van der Waals surface area contributed by atoms with Crippen molar-refractivity contribution in [1.29, 1.82) is 0 Å². The molecule has 2 heterocycles. The SMILES string of the molecule is O=C(Oc1cccnn1)C1CNCCN1. The molecule has 2 N–H and O–H groups in total. The maximum absolute atomic E-state index is 11.6. The second kappa shape index (κ2) is 4.81. The summed E-state index contributed by atoms with van der Waals surface area (Å²) in [5, 5.41) is 13.4. The van der Waals surface area contributed by atoms with Crippen molar-refractivity contribution < 1.29 is 9.53 Å². The molecule has 15 heavy (non-hydrogen) atoms. The van der Waals surface area contributed by atoms with Crippen molar-refractivity contribution in [2.24, 2.45) is 0 Å². The Morgan fingerprint density at radius 2 is 2.47 bits per heavy atom. The van der Waals surface area contributed by atoms with Gasteiger partial charge in [-0.25, -0.2) is 4.79 Å². The highest BCUT2D eigenvalue weighted by atomic mass is 16.5. The highest BCUT2D eigenvalue weighted by Gasteiger charge is 2.22. The van der Waals surface area contributed by atoms with Gasteiger partial charge in [0.25, 0.3) is 0 Å². The molecule has 1 aliphatic rings. The molecule has 0 radical (unpaired) electrons. The van der Waals surface area contributed by atoms with E-state index in [9.17, 15) is 4.79 Å². The maximum Gasteiger partial charge on any atom is 0.331 e. The monoisotopic (exact) mass is 208 g/mol. The summed E-state index contributed by atoms with van der Waals surface area (Å²) in [7, 11) is 0. The van der Waals surface area contributed by atoms with Crippen molar-refractivity contribution in [2.45, 2.75) is 6.04 Å². The standard InChI is InChI=1S/C9H12N4O2/c14-9(7-6-10-4-5-11-7)15-8-2-1-3-12-13-8/h1-3,7,10-11H,4-6H2. The van der Waals surface area contributed by atoms with Crippen LogP contribution in [0, 0.1) is 0 Å². The molecule has 1 aromatic rings. The van der Waals surface area contributed by atoms with E-state index in [-0.39, 0.29) is 17.9 Å². The van der Waals surface area contributed by atoms with Crippen LogP contribution < -0.4 is 15.4 Å². The van der Waals surface area contributed by atoms with E-state index in [1.54, 1.807) is 12.1 Å². The third kappa shape index (κ3) is 2.71. The van der Waals surface area contributed by atoms with E-state index in [4.69, 9.17) is 4.74 Å². The summed E-state index contributed by atoms with van der Waals surface area (Å²) in [5.41, 5.74) is 0. The zero-order valence-electron chi connectivity index (χ0n) is 8.14. The van der Waals surface area contributed by atoms with Crippen molar-refractivity contribution in [3.63, 3.8) is 0 Å². The smallest absolute Gasteiger partial charge is 0.331 e. The highest BCUT2D eigenvalue weighted by Crippen LogP contribution is 2.03. The van der Waals surface area contributed by atoms with Crippen LogP contribution in [0.2, 0.25) is 0 Å². The Bertz CT molecular complexity index is 324. The predicted octanol–water partition coefficient (Wildman–Crippen LogP) is -1.06. The van der Waals surface area contributed by atoms with E-state index in [0.29, 0.717) is 6.54 Å². The fraction of sp³-hybridized carbons (Fsp3) is 0.444. The third-order valence-corrected chi connectivity index (χ3v) is 2.08. The Morgan fingerprint density at radius 3 is 3.13 bits per heavy atom.